The summed E-state index contributed by atoms with van der Waals surface area (Å²) in [6.45, 7) is 6.72. The molecule has 1 aromatic carbocycles. The Hall–Kier alpha value is -2.87. The van der Waals surface area contributed by atoms with Gasteiger partial charge in [0.1, 0.15) is 17.4 Å². The summed E-state index contributed by atoms with van der Waals surface area (Å²) in [4.78, 5) is 44.2. The third-order valence-electron chi connectivity index (χ3n) is 10.6. The summed E-state index contributed by atoms with van der Waals surface area (Å²) in [5.74, 6) is 0.276. The Morgan fingerprint density at radius 1 is 1.00 bits per heavy atom. The summed E-state index contributed by atoms with van der Waals surface area (Å²) in [5.41, 5.74) is -0.495. The Morgan fingerprint density at radius 3 is 2.42 bits per heavy atom. The van der Waals surface area contributed by atoms with Gasteiger partial charge in [0.15, 0.2) is 0 Å². The van der Waals surface area contributed by atoms with E-state index < -0.39 is 29.6 Å². The first kappa shape index (κ1) is 27.3. The SMILES string of the molecule is COc1ccc(NC(=O)C2[C@@H]3C=CC4(O3)C(C(=O)NC3CCCC(C)C3C)N(C3CCC(C)CC3)C(=O)[C@H]24)cc1. The number of carbonyl (C=O) groups is 3. The number of nitrogens with one attached hydrogen (secondary N) is 2. The van der Waals surface area contributed by atoms with Crippen molar-refractivity contribution in [3.05, 3.63) is 36.4 Å². The Morgan fingerprint density at radius 2 is 1.73 bits per heavy atom. The first-order valence-corrected chi connectivity index (χ1v) is 15.2. The third-order valence-corrected chi connectivity index (χ3v) is 10.6. The highest BCUT2D eigenvalue weighted by molar-refractivity contribution is 6.03. The fraction of sp³-hybridized carbons (Fsp3) is 0.656. The number of likely N-dealkylation sites (tertiary alicyclic amines) is 1. The number of rotatable bonds is 6. The number of fused-ring (bicyclic) bond motifs is 1. The molecule has 1 aromatic rings. The maximum atomic E-state index is 14.4. The third kappa shape index (κ3) is 4.43. The molecule has 6 unspecified atom stereocenters. The summed E-state index contributed by atoms with van der Waals surface area (Å²) in [6, 6.07) is 6.42. The molecule has 3 heterocycles. The van der Waals surface area contributed by atoms with Crippen LogP contribution < -0.4 is 15.4 Å². The molecule has 2 aliphatic carbocycles. The Balaban J connectivity index is 1.30. The highest BCUT2D eigenvalue weighted by Crippen LogP contribution is 2.56. The number of amides is 3. The van der Waals surface area contributed by atoms with Gasteiger partial charge in [-0.3, -0.25) is 14.4 Å². The average Bonchev–Trinajstić information content (AvgIpc) is 3.59. The molecule has 3 aliphatic heterocycles. The summed E-state index contributed by atoms with van der Waals surface area (Å²) >= 11 is 0. The predicted molar refractivity (Wildman–Crippen MR) is 152 cm³/mol. The molecule has 1 spiro atoms. The van der Waals surface area contributed by atoms with Crippen molar-refractivity contribution >= 4 is 23.4 Å². The number of benzene rings is 1. The normalized spacial score (nSPS) is 40.1. The van der Waals surface area contributed by atoms with Crippen LogP contribution in [0.3, 0.4) is 0 Å². The Labute approximate surface area is 237 Å². The molecule has 0 aromatic heterocycles. The van der Waals surface area contributed by atoms with Crippen molar-refractivity contribution in [1.29, 1.82) is 0 Å². The second-order valence-corrected chi connectivity index (χ2v) is 13.0. The van der Waals surface area contributed by atoms with Crippen molar-refractivity contribution in [2.75, 3.05) is 12.4 Å². The van der Waals surface area contributed by atoms with Crippen molar-refractivity contribution in [1.82, 2.24) is 10.2 Å². The van der Waals surface area contributed by atoms with Crippen LogP contribution in [0.4, 0.5) is 5.69 Å². The van der Waals surface area contributed by atoms with Gasteiger partial charge >= 0.3 is 0 Å². The molecular weight excluding hydrogens is 506 g/mol. The maximum Gasteiger partial charge on any atom is 0.246 e. The zero-order valence-corrected chi connectivity index (χ0v) is 24.1. The molecular formula is C32H43N3O5. The molecule has 6 rings (SSSR count). The van der Waals surface area contributed by atoms with E-state index >= 15 is 0 Å². The number of hydrogen-bond acceptors (Lipinski definition) is 5. The van der Waals surface area contributed by atoms with Gasteiger partial charge in [-0.25, -0.2) is 0 Å². The van der Waals surface area contributed by atoms with Crippen LogP contribution in [0.5, 0.6) is 5.75 Å². The van der Waals surface area contributed by atoms with Crippen molar-refractivity contribution in [3.8, 4) is 5.75 Å². The van der Waals surface area contributed by atoms with E-state index in [0.29, 0.717) is 29.2 Å². The van der Waals surface area contributed by atoms with Crippen molar-refractivity contribution in [2.24, 2.45) is 29.6 Å². The van der Waals surface area contributed by atoms with Crippen LogP contribution >= 0.6 is 0 Å². The molecule has 8 atom stereocenters. The van der Waals surface area contributed by atoms with Crippen LogP contribution in [0.15, 0.2) is 36.4 Å². The zero-order chi connectivity index (χ0) is 28.2. The van der Waals surface area contributed by atoms with Gasteiger partial charge in [-0.2, -0.15) is 0 Å². The predicted octanol–water partition coefficient (Wildman–Crippen LogP) is 4.30. The van der Waals surface area contributed by atoms with E-state index in [2.05, 4.69) is 31.4 Å². The van der Waals surface area contributed by atoms with Crippen LogP contribution in [0.2, 0.25) is 0 Å². The van der Waals surface area contributed by atoms with E-state index in [1.54, 1.807) is 31.4 Å². The Bertz CT molecular complexity index is 1180. The fourth-order valence-corrected chi connectivity index (χ4v) is 8.07. The first-order valence-electron chi connectivity index (χ1n) is 15.2. The largest absolute Gasteiger partial charge is 0.497 e. The van der Waals surface area contributed by atoms with Gasteiger partial charge in [0.05, 0.1) is 25.0 Å². The molecule has 4 fully saturated rings. The zero-order valence-electron chi connectivity index (χ0n) is 24.1. The molecule has 2 bridgehead atoms. The Kier molecular flexibility index (Phi) is 7.18. The number of nitrogens with zero attached hydrogens (tertiary/aromatic N) is 1. The molecule has 2 N–H and O–H groups in total. The minimum Gasteiger partial charge on any atom is -0.497 e. The van der Waals surface area contributed by atoms with E-state index in [4.69, 9.17) is 9.47 Å². The highest BCUT2D eigenvalue weighted by atomic mass is 16.5. The van der Waals surface area contributed by atoms with E-state index in [1.807, 2.05) is 17.1 Å². The van der Waals surface area contributed by atoms with Crippen LogP contribution in [-0.4, -0.2) is 59.6 Å². The van der Waals surface area contributed by atoms with Crippen LogP contribution in [0.1, 0.15) is 65.7 Å². The monoisotopic (exact) mass is 549 g/mol. The molecule has 8 nitrogen and oxygen atoms in total. The van der Waals surface area contributed by atoms with Crippen LogP contribution in [0, 0.1) is 29.6 Å². The van der Waals surface area contributed by atoms with Gasteiger partial charge in [0, 0.05) is 17.8 Å². The van der Waals surface area contributed by atoms with Crippen LogP contribution in [-0.2, 0) is 19.1 Å². The number of anilines is 1. The summed E-state index contributed by atoms with van der Waals surface area (Å²) < 4.78 is 11.8. The molecule has 5 aliphatic rings. The number of hydrogen-bond donors (Lipinski definition) is 2. The maximum absolute atomic E-state index is 14.4. The summed E-state index contributed by atoms with van der Waals surface area (Å²) in [6.07, 6.45) is 10.3. The van der Waals surface area contributed by atoms with Crippen molar-refractivity contribution in [3.63, 3.8) is 0 Å². The molecule has 2 saturated heterocycles. The lowest BCUT2D eigenvalue weighted by molar-refractivity contribution is -0.145. The molecule has 8 heteroatoms. The van der Waals surface area contributed by atoms with Crippen molar-refractivity contribution in [2.45, 2.75) is 95.5 Å². The lowest BCUT2D eigenvalue weighted by atomic mass is 9.73. The van der Waals surface area contributed by atoms with Gasteiger partial charge < -0.3 is 25.0 Å². The minimum absolute atomic E-state index is 0.0246. The molecule has 2 saturated carbocycles. The number of carbonyl (C=O) groups excluding carboxylic acids is 3. The lowest BCUT2D eigenvalue weighted by Gasteiger charge is -2.41. The second kappa shape index (κ2) is 10.5. The topological polar surface area (TPSA) is 97.0 Å². The smallest absolute Gasteiger partial charge is 0.246 e. The standard InChI is InChI=1S/C32H43N3O5/c1-18-8-12-22(13-9-18)35-28(30(37)34-24-7-5-6-19(2)20(24)3)32-17-16-25(40-32)26(27(32)31(35)38)29(36)33-21-10-14-23(39-4)15-11-21/h10-11,14-20,22,24-28H,5-9,12-13H2,1-4H3,(H,33,36)(H,34,37)/t18?,19?,20?,22?,24?,25-,26?,27-,28?,32?/m0/s1. The number of methoxy groups -OCH3 is 1. The summed E-state index contributed by atoms with van der Waals surface area (Å²) in [7, 11) is 1.60. The second-order valence-electron chi connectivity index (χ2n) is 13.0. The molecule has 216 valence electrons. The summed E-state index contributed by atoms with van der Waals surface area (Å²) in [5, 5.41) is 6.36. The van der Waals surface area contributed by atoms with Gasteiger partial charge in [0.25, 0.3) is 0 Å². The van der Waals surface area contributed by atoms with E-state index in [-0.39, 0.29) is 29.8 Å². The molecule has 3 amide bonds. The van der Waals surface area contributed by atoms with E-state index in [1.165, 1.54) is 6.42 Å². The fourth-order valence-electron chi connectivity index (χ4n) is 8.07. The minimum atomic E-state index is -1.12. The number of ether oxygens (including phenoxy) is 2. The van der Waals surface area contributed by atoms with E-state index in [9.17, 15) is 14.4 Å². The van der Waals surface area contributed by atoms with Gasteiger partial charge in [-0.1, -0.05) is 45.8 Å². The van der Waals surface area contributed by atoms with Gasteiger partial charge in [-0.05, 0) is 74.1 Å². The molecule has 0 radical (unpaired) electrons. The quantitative estimate of drug-likeness (QED) is 0.516. The lowest BCUT2D eigenvalue weighted by Crippen LogP contribution is -2.59. The van der Waals surface area contributed by atoms with Gasteiger partial charge in [0.2, 0.25) is 17.7 Å². The average molecular weight is 550 g/mol. The first-order chi connectivity index (χ1) is 19.2. The van der Waals surface area contributed by atoms with E-state index in [0.717, 1.165) is 38.5 Å². The van der Waals surface area contributed by atoms with Gasteiger partial charge in [-0.15, -0.1) is 0 Å². The highest BCUT2D eigenvalue weighted by Gasteiger charge is 2.73. The molecule has 40 heavy (non-hydrogen) atoms. The van der Waals surface area contributed by atoms with Crippen molar-refractivity contribution < 1.29 is 23.9 Å². The van der Waals surface area contributed by atoms with Crippen LogP contribution in [0.25, 0.3) is 0 Å².